The number of fused-ring (bicyclic) bond motifs is 1. The molecule has 1 aromatic heterocycles. The summed E-state index contributed by atoms with van der Waals surface area (Å²) < 4.78 is 1.62. The van der Waals surface area contributed by atoms with Gasteiger partial charge in [-0.15, -0.1) is 0 Å². The number of nitro benzene ring substituents is 1. The van der Waals surface area contributed by atoms with Crippen LogP contribution in [0.5, 0.6) is 0 Å². The molecule has 0 bridgehead atoms. The maximum absolute atomic E-state index is 10.6. The largest absolute Gasteiger partial charge is 0.397 e. The molecule has 0 aliphatic rings. The van der Waals surface area contributed by atoms with E-state index in [1.165, 1.54) is 18.3 Å². The molecule has 6 heteroatoms. The van der Waals surface area contributed by atoms with E-state index < -0.39 is 4.92 Å². The zero-order valence-electron chi connectivity index (χ0n) is 8.04. The molecule has 0 aliphatic heterocycles. The molecule has 0 amide bonds. The summed E-state index contributed by atoms with van der Waals surface area (Å²) in [4.78, 5) is 10.1. The number of nitrogen functional groups attached to an aromatic ring is 1. The summed E-state index contributed by atoms with van der Waals surface area (Å²) >= 11 is 0. The van der Waals surface area contributed by atoms with Gasteiger partial charge >= 0.3 is 0 Å². The van der Waals surface area contributed by atoms with Gasteiger partial charge in [0.15, 0.2) is 7.05 Å². The third-order valence-corrected chi connectivity index (χ3v) is 2.22. The van der Waals surface area contributed by atoms with Gasteiger partial charge in [-0.1, -0.05) is 4.68 Å². The minimum Gasteiger partial charge on any atom is -0.397 e. The Bertz CT molecular complexity index is 553. The molecule has 15 heavy (non-hydrogen) atoms. The van der Waals surface area contributed by atoms with E-state index in [9.17, 15) is 10.1 Å². The molecule has 0 saturated carbocycles. The van der Waals surface area contributed by atoms with E-state index in [1.807, 2.05) is 0 Å². The molecule has 76 valence electrons. The second-order valence-corrected chi connectivity index (χ2v) is 3.18. The number of rotatable bonds is 1. The van der Waals surface area contributed by atoms with E-state index in [0.29, 0.717) is 11.1 Å². The molecular formula is C9H9N4O2+. The molecule has 6 nitrogen and oxygen atoms in total. The fourth-order valence-electron chi connectivity index (χ4n) is 1.43. The van der Waals surface area contributed by atoms with Crippen LogP contribution in [0.15, 0.2) is 24.4 Å². The van der Waals surface area contributed by atoms with E-state index in [4.69, 9.17) is 5.73 Å². The maximum Gasteiger partial charge on any atom is 0.270 e. The van der Waals surface area contributed by atoms with Crippen LogP contribution in [-0.4, -0.2) is 10.0 Å². The second kappa shape index (κ2) is 3.16. The van der Waals surface area contributed by atoms with Crippen molar-refractivity contribution in [3.05, 3.63) is 34.5 Å². The molecule has 0 saturated heterocycles. The first kappa shape index (κ1) is 9.32. The van der Waals surface area contributed by atoms with E-state index in [2.05, 4.69) is 5.10 Å². The van der Waals surface area contributed by atoms with Gasteiger partial charge in [0.1, 0.15) is 6.20 Å². The van der Waals surface area contributed by atoms with Crippen molar-refractivity contribution in [1.29, 1.82) is 0 Å². The number of aromatic nitrogens is 2. The van der Waals surface area contributed by atoms with Crippen molar-refractivity contribution in [3.8, 4) is 0 Å². The Morgan fingerprint density at radius 3 is 2.93 bits per heavy atom. The van der Waals surface area contributed by atoms with Gasteiger partial charge in [0.2, 0.25) is 5.52 Å². The van der Waals surface area contributed by atoms with Gasteiger partial charge in [-0.3, -0.25) is 10.1 Å². The average Bonchev–Trinajstić information content (AvgIpc) is 2.23. The van der Waals surface area contributed by atoms with Gasteiger partial charge < -0.3 is 5.73 Å². The van der Waals surface area contributed by atoms with Crippen LogP contribution < -0.4 is 10.4 Å². The van der Waals surface area contributed by atoms with Gasteiger partial charge in [0, 0.05) is 18.2 Å². The number of aryl methyl sites for hydroxylation is 1. The lowest BCUT2D eigenvalue weighted by molar-refractivity contribution is -0.705. The van der Waals surface area contributed by atoms with Crippen molar-refractivity contribution in [1.82, 2.24) is 5.10 Å². The molecule has 2 aromatic rings. The normalized spacial score (nSPS) is 10.5. The third-order valence-electron chi connectivity index (χ3n) is 2.22. The number of hydrogen-bond acceptors (Lipinski definition) is 4. The Morgan fingerprint density at radius 2 is 2.27 bits per heavy atom. The Hall–Kier alpha value is -2.24. The predicted octanol–water partition coefficient (Wildman–Crippen LogP) is 0.550. The molecule has 2 rings (SSSR count). The topological polar surface area (TPSA) is 85.9 Å². The van der Waals surface area contributed by atoms with Crippen LogP contribution in [0.1, 0.15) is 0 Å². The summed E-state index contributed by atoms with van der Waals surface area (Å²) in [6, 6.07) is 4.52. The quantitative estimate of drug-likeness (QED) is 0.418. The SMILES string of the molecule is C[n+]1ncc(N)c2cc([N+](=O)[O-])ccc21. The number of anilines is 1. The van der Waals surface area contributed by atoms with Gasteiger partial charge in [-0.25, -0.2) is 0 Å². The van der Waals surface area contributed by atoms with Gasteiger partial charge in [0.25, 0.3) is 5.69 Å². The first-order chi connectivity index (χ1) is 7.09. The molecule has 0 spiro atoms. The molecule has 0 fully saturated rings. The summed E-state index contributed by atoms with van der Waals surface area (Å²) in [5, 5.41) is 15.2. The summed E-state index contributed by atoms with van der Waals surface area (Å²) in [7, 11) is 1.76. The summed E-state index contributed by atoms with van der Waals surface area (Å²) in [6.07, 6.45) is 1.48. The smallest absolute Gasteiger partial charge is 0.270 e. The molecular weight excluding hydrogens is 196 g/mol. The van der Waals surface area contributed by atoms with Crippen LogP contribution in [0.3, 0.4) is 0 Å². The van der Waals surface area contributed by atoms with Crippen molar-refractivity contribution >= 4 is 22.3 Å². The van der Waals surface area contributed by atoms with Gasteiger partial charge in [0.05, 0.1) is 16.0 Å². The molecule has 0 radical (unpaired) electrons. The van der Waals surface area contributed by atoms with Crippen LogP contribution in [0.2, 0.25) is 0 Å². The Balaban J connectivity index is 2.81. The highest BCUT2D eigenvalue weighted by Gasteiger charge is 2.14. The maximum atomic E-state index is 10.6. The fraction of sp³-hybridized carbons (Fsp3) is 0.111. The lowest BCUT2D eigenvalue weighted by Gasteiger charge is -1.98. The average molecular weight is 205 g/mol. The lowest BCUT2D eigenvalue weighted by Crippen LogP contribution is -2.33. The summed E-state index contributed by atoms with van der Waals surface area (Å²) in [5.41, 5.74) is 6.93. The van der Waals surface area contributed by atoms with Crippen molar-refractivity contribution in [2.75, 3.05) is 5.73 Å². The molecule has 0 aliphatic carbocycles. The molecule has 1 aromatic carbocycles. The lowest BCUT2D eigenvalue weighted by atomic mass is 10.2. The molecule has 0 atom stereocenters. The van der Waals surface area contributed by atoms with Crippen LogP contribution >= 0.6 is 0 Å². The zero-order chi connectivity index (χ0) is 11.0. The minimum absolute atomic E-state index is 0.0281. The molecule has 2 N–H and O–H groups in total. The highest BCUT2D eigenvalue weighted by Crippen LogP contribution is 2.21. The minimum atomic E-state index is -0.445. The fourth-order valence-corrected chi connectivity index (χ4v) is 1.43. The number of hydrogen-bond donors (Lipinski definition) is 1. The van der Waals surface area contributed by atoms with Crippen LogP contribution in [0.25, 0.3) is 10.9 Å². The van der Waals surface area contributed by atoms with Crippen molar-refractivity contribution in [3.63, 3.8) is 0 Å². The third kappa shape index (κ3) is 1.45. The predicted molar refractivity (Wildman–Crippen MR) is 54.0 cm³/mol. The van der Waals surface area contributed by atoms with Crippen molar-refractivity contribution < 1.29 is 9.61 Å². The van der Waals surface area contributed by atoms with E-state index in [0.717, 1.165) is 5.52 Å². The number of nitrogens with zero attached hydrogens (tertiary/aromatic N) is 3. The van der Waals surface area contributed by atoms with Crippen LogP contribution in [0.4, 0.5) is 11.4 Å². The van der Waals surface area contributed by atoms with Crippen molar-refractivity contribution in [2.45, 2.75) is 0 Å². The van der Waals surface area contributed by atoms with Crippen LogP contribution in [-0.2, 0) is 7.05 Å². The standard InChI is InChI=1S/C9H8N4O2/c1-12-9-3-2-6(13(14)15)4-7(9)8(10)5-11-12/h2-5,10H,1H3/p+1. The van der Waals surface area contributed by atoms with Gasteiger partial charge in [-0.2, -0.15) is 0 Å². The highest BCUT2D eigenvalue weighted by atomic mass is 16.6. The van der Waals surface area contributed by atoms with E-state index in [1.54, 1.807) is 17.8 Å². The molecule has 1 heterocycles. The highest BCUT2D eigenvalue weighted by molar-refractivity contribution is 5.88. The number of nitro groups is 1. The number of nitrogens with two attached hydrogens (primary N) is 1. The second-order valence-electron chi connectivity index (χ2n) is 3.18. The Morgan fingerprint density at radius 1 is 1.53 bits per heavy atom. The van der Waals surface area contributed by atoms with Gasteiger partial charge in [-0.05, 0) is 5.10 Å². The first-order valence-corrected chi connectivity index (χ1v) is 4.28. The van der Waals surface area contributed by atoms with E-state index in [-0.39, 0.29) is 5.69 Å². The summed E-state index contributed by atoms with van der Waals surface area (Å²) in [5.74, 6) is 0. The number of non-ortho nitro benzene ring substituents is 1. The monoisotopic (exact) mass is 205 g/mol. The first-order valence-electron chi connectivity index (χ1n) is 4.28. The Labute approximate surface area is 85.1 Å². The van der Waals surface area contributed by atoms with Crippen LogP contribution in [0, 0.1) is 10.1 Å². The zero-order valence-corrected chi connectivity index (χ0v) is 8.04. The van der Waals surface area contributed by atoms with Crippen molar-refractivity contribution in [2.24, 2.45) is 7.05 Å². The summed E-state index contributed by atoms with van der Waals surface area (Å²) in [6.45, 7) is 0. The molecule has 0 unspecified atom stereocenters. The van der Waals surface area contributed by atoms with E-state index >= 15 is 0 Å². The Kier molecular flexibility index (Phi) is 1.96. The number of benzene rings is 1.